The van der Waals surface area contributed by atoms with Gasteiger partial charge in [-0.3, -0.25) is 4.79 Å². The van der Waals surface area contributed by atoms with Gasteiger partial charge in [0.15, 0.2) is 0 Å². The third-order valence-corrected chi connectivity index (χ3v) is 3.01. The standard InChI is InChI=1S/C15H13NO2/c17-15-14-8-13(7-6-12(14)9-16-15)18-10-11-4-2-1-3-5-11/h1-8H,9-10H2,(H,16,17). The van der Waals surface area contributed by atoms with E-state index in [0.717, 1.165) is 22.4 Å². The molecule has 1 aliphatic rings. The van der Waals surface area contributed by atoms with Crippen LogP contribution in [0.1, 0.15) is 21.5 Å². The van der Waals surface area contributed by atoms with Crippen LogP contribution in [-0.4, -0.2) is 5.91 Å². The third-order valence-electron chi connectivity index (χ3n) is 3.01. The van der Waals surface area contributed by atoms with Gasteiger partial charge in [0.25, 0.3) is 5.91 Å². The summed E-state index contributed by atoms with van der Waals surface area (Å²) in [4.78, 5) is 11.5. The van der Waals surface area contributed by atoms with E-state index in [1.807, 2.05) is 42.5 Å². The van der Waals surface area contributed by atoms with Gasteiger partial charge in [-0.05, 0) is 23.3 Å². The lowest BCUT2D eigenvalue weighted by Crippen LogP contribution is -2.12. The van der Waals surface area contributed by atoms with Crippen LogP contribution in [-0.2, 0) is 13.2 Å². The highest BCUT2D eigenvalue weighted by atomic mass is 16.5. The Hall–Kier alpha value is -2.29. The van der Waals surface area contributed by atoms with Gasteiger partial charge >= 0.3 is 0 Å². The van der Waals surface area contributed by atoms with Gasteiger partial charge in [-0.25, -0.2) is 0 Å². The summed E-state index contributed by atoms with van der Waals surface area (Å²) in [5.74, 6) is 0.713. The molecule has 18 heavy (non-hydrogen) atoms. The minimum atomic E-state index is -0.0184. The van der Waals surface area contributed by atoms with Crippen molar-refractivity contribution >= 4 is 5.91 Å². The molecule has 1 aliphatic heterocycles. The molecule has 1 heterocycles. The van der Waals surface area contributed by atoms with Crippen LogP contribution in [0.2, 0.25) is 0 Å². The minimum Gasteiger partial charge on any atom is -0.489 e. The maximum absolute atomic E-state index is 11.5. The van der Waals surface area contributed by atoms with Crippen molar-refractivity contribution in [1.82, 2.24) is 5.32 Å². The lowest BCUT2D eigenvalue weighted by Gasteiger charge is -2.07. The van der Waals surface area contributed by atoms with E-state index in [0.29, 0.717) is 13.2 Å². The van der Waals surface area contributed by atoms with E-state index >= 15 is 0 Å². The molecule has 1 amide bonds. The summed E-state index contributed by atoms with van der Waals surface area (Å²) in [5.41, 5.74) is 2.87. The quantitative estimate of drug-likeness (QED) is 0.893. The maximum Gasteiger partial charge on any atom is 0.252 e. The molecule has 0 radical (unpaired) electrons. The molecule has 0 fully saturated rings. The number of fused-ring (bicyclic) bond motifs is 1. The van der Waals surface area contributed by atoms with E-state index in [2.05, 4.69) is 5.32 Å². The van der Waals surface area contributed by atoms with E-state index < -0.39 is 0 Å². The van der Waals surface area contributed by atoms with Crippen molar-refractivity contribution in [3.8, 4) is 5.75 Å². The Morgan fingerprint density at radius 1 is 1.11 bits per heavy atom. The smallest absolute Gasteiger partial charge is 0.252 e. The second-order valence-electron chi connectivity index (χ2n) is 4.28. The summed E-state index contributed by atoms with van der Waals surface area (Å²) in [6.07, 6.45) is 0. The second kappa shape index (κ2) is 4.53. The van der Waals surface area contributed by atoms with Crippen molar-refractivity contribution < 1.29 is 9.53 Å². The fourth-order valence-electron chi connectivity index (χ4n) is 2.02. The number of rotatable bonds is 3. The van der Waals surface area contributed by atoms with Gasteiger partial charge in [-0.15, -0.1) is 0 Å². The highest BCUT2D eigenvalue weighted by Gasteiger charge is 2.18. The van der Waals surface area contributed by atoms with Crippen LogP contribution < -0.4 is 10.1 Å². The maximum atomic E-state index is 11.5. The predicted molar refractivity (Wildman–Crippen MR) is 68.4 cm³/mol. The van der Waals surface area contributed by atoms with Crippen molar-refractivity contribution in [2.75, 3.05) is 0 Å². The monoisotopic (exact) mass is 239 g/mol. The van der Waals surface area contributed by atoms with Crippen LogP contribution in [0, 0.1) is 0 Å². The van der Waals surface area contributed by atoms with E-state index in [1.54, 1.807) is 6.07 Å². The molecule has 0 bridgehead atoms. The topological polar surface area (TPSA) is 38.3 Å². The van der Waals surface area contributed by atoms with Crippen LogP contribution in [0.5, 0.6) is 5.75 Å². The van der Waals surface area contributed by atoms with Gasteiger partial charge in [0.1, 0.15) is 12.4 Å². The SMILES string of the molecule is O=C1NCc2ccc(OCc3ccccc3)cc21. The first-order valence-corrected chi connectivity index (χ1v) is 5.91. The van der Waals surface area contributed by atoms with E-state index in [4.69, 9.17) is 4.74 Å². The molecule has 1 N–H and O–H groups in total. The number of benzene rings is 2. The van der Waals surface area contributed by atoms with Crippen molar-refractivity contribution in [3.63, 3.8) is 0 Å². The summed E-state index contributed by atoms with van der Waals surface area (Å²) in [6.45, 7) is 1.13. The number of amides is 1. The van der Waals surface area contributed by atoms with E-state index in [-0.39, 0.29) is 5.91 Å². The highest BCUT2D eigenvalue weighted by Crippen LogP contribution is 2.22. The molecule has 0 saturated heterocycles. The van der Waals surface area contributed by atoms with Crippen LogP contribution in [0.25, 0.3) is 0 Å². The Labute approximate surface area is 105 Å². The molecule has 3 nitrogen and oxygen atoms in total. The zero-order valence-electron chi connectivity index (χ0n) is 9.85. The molecule has 3 heteroatoms. The Bertz CT molecular complexity index is 578. The van der Waals surface area contributed by atoms with Crippen LogP contribution in [0.15, 0.2) is 48.5 Å². The molecule has 2 aromatic carbocycles. The van der Waals surface area contributed by atoms with Crippen LogP contribution in [0.3, 0.4) is 0 Å². The Balaban J connectivity index is 1.74. The summed E-state index contributed by atoms with van der Waals surface area (Å²) >= 11 is 0. The van der Waals surface area contributed by atoms with E-state index in [1.165, 1.54) is 0 Å². The molecule has 0 aromatic heterocycles. The lowest BCUT2D eigenvalue weighted by atomic mass is 10.1. The highest BCUT2D eigenvalue weighted by molar-refractivity contribution is 5.98. The molecular formula is C15H13NO2. The van der Waals surface area contributed by atoms with Crippen LogP contribution >= 0.6 is 0 Å². The van der Waals surface area contributed by atoms with Crippen molar-refractivity contribution in [2.45, 2.75) is 13.2 Å². The first kappa shape index (κ1) is 10.8. The summed E-state index contributed by atoms with van der Waals surface area (Å²) in [7, 11) is 0. The van der Waals surface area contributed by atoms with Crippen LogP contribution in [0.4, 0.5) is 0 Å². The number of nitrogens with one attached hydrogen (secondary N) is 1. The first-order valence-electron chi connectivity index (χ1n) is 5.91. The van der Waals surface area contributed by atoms with Crippen molar-refractivity contribution in [1.29, 1.82) is 0 Å². The van der Waals surface area contributed by atoms with Crippen molar-refractivity contribution in [2.24, 2.45) is 0 Å². The molecule has 0 saturated carbocycles. The fraction of sp³-hybridized carbons (Fsp3) is 0.133. The normalized spacial score (nSPS) is 13.0. The van der Waals surface area contributed by atoms with Gasteiger partial charge in [-0.1, -0.05) is 36.4 Å². The Morgan fingerprint density at radius 2 is 1.94 bits per heavy atom. The van der Waals surface area contributed by atoms with Gasteiger partial charge in [0, 0.05) is 12.1 Å². The first-order chi connectivity index (χ1) is 8.83. The summed E-state index contributed by atoms with van der Waals surface area (Å²) in [5, 5.41) is 2.79. The largest absolute Gasteiger partial charge is 0.489 e. The molecule has 3 rings (SSSR count). The fourth-order valence-corrected chi connectivity index (χ4v) is 2.02. The molecule has 0 unspecified atom stereocenters. The number of carbonyl (C=O) groups is 1. The van der Waals surface area contributed by atoms with E-state index in [9.17, 15) is 4.79 Å². The molecule has 0 aliphatic carbocycles. The molecule has 90 valence electrons. The molecule has 0 atom stereocenters. The zero-order chi connectivity index (χ0) is 12.4. The van der Waals surface area contributed by atoms with Gasteiger partial charge < -0.3 is 10.1 Å². The number of hydrogen-bond donors (Lipinski definition) is 1. The third kappa shape index (κ3) is 2.07. The Kier molecular flexibility index (Phi) is 2.73. The average molecular weight is 239 g/mol. The predicted octanol–water partition coefficient (Wildman–Crippen LogP) is 2.51. The molecule has 2 aromatic rings. The molecular weight excluding hydrogens is 226 g/mol. The second-order valence-corrected chi connectivity index (χ2v) is 4.28. The number of carbonyl (C=O) groups excluding carboxylic acids is 1. The average Bonchev–Trinajstić information content (AvgIpc) is 2.79. The van der Waals surface area contributed by atoms with Gasteiger partial charge in [-0.2, -0.15) is 0 Å². The molecule has 0 spiro atoms. The number of hydrogen-bond acceptors (Lipinski definition) is 2. The zero-order valence-corrected chi connectivity index (χ0v) is 9.85. The minimum absolute atomic E-state index is 0.0184. The summed E-state index contributed by atoms with van der Waals surface area (Å²) < 4.78 is 5.69. The lowest BCUT2D eigenvalue weighted by molar-refractivity contribution is 0.0965. The van der Waals surface area contributed by atoms with Gasteiger partial charge in [0.2, 0.25) is 0 Å². The van der Waals surface area contributed by atoms with Gasteiger partial charge in [0.05, 0.1) is 0 Å². The Morgan fingerprint density at radius 3 is 2.78 bits per heavy atom. The number of ether oxygens (including phenoxy) is 1. The van der Waals surface area contributed by atoms with Crippen molar-refractivity contribution in [3.05, 3.63) is 65.2 Å². The summed E-state index contributed by atoms with van der Waals surface area (Å²) in [6, 6.07) is 15.6.